The van der Waals surface area contributed by atoms with Gasteiger partial charge in [0.1, 0.15) is 5.82 Å². The number of carbonyl (C=O) groups excluding carboxylic acids is 1. The SMILES string of the molecule is CN(C)c1ccc(C(=O)NCc2cnc[nH]2)cn1. The molecule has 0 bridgehead atoms. The van der Waals surface area contributed by atoms with Crippen LogP contribution in [0, 0.1) is 0 Å². The third-order valence-corrected chi connectivity index (χ3v) is 2.46. The zero-order valence-corrected chi connectivity index (χ0v) is 10.3. The fourth-order valence-electron chi connectivity index (χ4n) is 1.44. The van der Waals surface area contributed by atoms with Gasteiger partial charge in [0.15, 0.2) is 0 Å². The topological polar surface area (TPSA) is 73.9 Å². The van der Waals surface area contributed by atoms with Crippen molar-refractivity contribution >= 4 is 11.7 Å². The molecular formula is C12H15N5O. The van der Waals surface area contributed by atoms with Crippen LogP contribution in [0.5, 0.6) is 0 Å². The average Bonchev–Trinajstić information content (AvgIpc) is 2.89. The number of aromatic nitrogens is 3. The number of anilines is 1. The predicted octanol–water partition coefficient (Wildman–Crippen LogP) is 0.801. The second kappa shape index (κ2) is 5.31. The maximum absolute atomic E-state index is 11.8. The van der Waals surface area contributed by atoms with E-state index in [1.54, 1.807) is 24.8 Å². The Labute approximate surface area is 105 Å². The lowest BCUT2D eigenvalue weighted by atomic mass is 10.2. The average molecular weight is 245 g/mol. The Morgan fingerprint density at radius 1 is 1.39 bits per heavy atom. The smallest absolute Gasteiger partial charge is 0.253 e. The first-order valence-electron chi connectivity index (χ1n) is 5.55. The second-order valence-corrected chi connectivity index (χ2v) is 4.06. The molecule has 94 valence electrons. The number of pyridine rings is 1. The highest BCUT2D eigenvalue weighted by Gasteiger charge is 2.06. The van der Waals surface area contributed by atoms with Crippen molar-refractivity contribution in [2.75, 3.05) is 19.0 Å². The summed E-state index contributed by atoms with van der Waals surface area (Å²) in [7, 11) is 3.81. The molecule has 18 heavy (non-hydrogen) atoms. The van der Waals surface area contributed by atoms with E-state index < -0.39 is 0 Å². The van der Waals surface area contributed by atoms with E-state index in [0.29, 0.717) is 12.1 Å². The number of nitrogens with zero attached hydrogens (tertiary/aromatic N) is 3. The molecule has 0 saturated carbocycles. The standard InChI is InChI=1S/C12H15N5O/c1-17(2)11-4-3-9(5-14-11)12(18)15-7-10-6-13-8-16-10/h3-6,8H,7H2,1-2H3,(H,13,16)(H,15,18). The first-order chi connectivity index (χ1) is 8.66. The maximum atomic E-state index is 11.8. The Bertz CT molecular complexity index is 504. The summed E-state index contributed by atoms with van der Waals surface area (Å²) in [6.45, 7) is 0.425. The van der Waals surface area contributed by atoms with Crippen LogP contribution in [0.3, 0.4) is 0 Å². The molecule has 0 aromatic carbocycles. The summed E-state index contributed by atoms with van der Waals surface area (Å²) in [4.78, 5) is 24.7. The lowest BCUT2D eigenvalue weighted by molar-refractivity contribution is 0.0950. The van der Waals surface area contributed by atoms with E-state index in [1.165, 1.54) is 0 Å². The molecule has 0 saturated heterocycles. The van der Waals surface area contributed by atoms with Crippen molar-refractivity contribution in [2.24, 2.45) is 0 Å². The monoisotopic (exact) mass is 245 g/mol. The number of hydrogen-bond donors (Lipinski definition) is 2. The zero-order valence-electron chi connectivity index (χ0n) is 10.3. The lowest BCUT2D eigenvalue weighted by Crippen LogP contribution is -2.23. The van der Waals surface area contributed by atoms with E-state index in [4.69, 9.17) is 0 Å². The third kappa shape index (κ3) is 2.85. The quantitative estimate of drug-likeness (QED) is 0.835. The van der Waals surface area contributed by atoms with Gasteiger partial charge in [0, 0.05) is 26.5 Å². The largest absolute Gasteiger partial charge is 0.363 e. The normalized spacial score (nSPS) is 10.1. The first-order valence-corrected chi connectivity index (χ1v) is 5.55. The summed E-state index contributed by atoms with van der Waals surface area (Å²) >= 11 is 0. The number of imidazole rings is 1. The Morgan fingerprint density at radius 2 is 2.22 bits per heavy atom. The van der Waals surface area contributed by atoms with Crippen molar-refractivity contribution in [1.82, 2.24) is 20.3 Å². The minimum absolute atomic E-state index is 0.151. The zero-order chi connectivity index (χ0) is 13.0. The van der Waals surface area contributed by atoms with Crippen molar-refractivity contribution in [3.63, 3.8) is 0 Å². The number of rotatable bonds is 4. The highest BCUT2D eigenvalue weighted by atomic mass is 16.1. The summed E-state index contributed by atoms with van der Waals surface area (Å²) < 4.78 is 0. The van der Waals surface area contributed by atoms with E-state index in [2.05, 4.69) is 20.3 Å². The molecule has 2 aromatic rings. The van der Waals surface area contributed by atoms with Gasteiger partial charge in [-0.2, -0.15) is 0 Å². The summed E-state index contributed by atoms with van der Waals surface area (Å²) in [6.07, 6.45) is 4.82. The molecule has 0 aliphatic rings. The molecule has 2 heterocycles. The highest BCUT2D eigenvalue weighted by molar-refractivity contribution is 5.93. The van der Waals surface area contributed by atoms with Crippen LogP contribution in [0.1, 0.15) is 16.1 Å². The molecule has 0 unspecified atom stereocenters. The lowest BCUT2D eigenvalue weighted by Gasteiger charge is -2.11. The molecule has 0 spiro atoms. The molecule has 1 amide bonds. The van der Waals surface area contributed by atoms with Crippen molar-refractivity contribution in [1.29, 1.82) is 0 Å². The summed E-state index contributed by atoms with van der Waals surface area (Å²) in [5.74, 6) is 0.669. The number of hydrogen-bond acceptors (Lipinski definition) is 4. The van der Waals surface area contributed by atoms with E-state index in [0.717, 1.165) is 11.5 Å². The van der Waals surface area contributed by atoms with Crippen LogP contribution in [0.25, 0.3) is 0 Å². The Balaban J connectivity index is 1.96. The first kappa shape index (κ1) is 12.1. The van der Waals surface area contributed by atoms with Crippen LogP contribution in [0.15, 0.2) is 30.9 Å². The number of H-pyrrole nitrogens is 1. The Hall–Kier alpha value is -2.37. The van der Waals surface area contributed by atoms with Crippen molar-refractivity contribution in [3.8, 4) is 0 Å². The number of aromatic amines is 1. The molecule has 0 aliphatic carbocycles. The fraction of sp³-hybridized carbons (Fsp3) is 0.250. The number of carbonyl (C=O) groups is 1. The molecule has 6 heteroatoms. The summed E-state index contributed by atoms with van der Waals surface area (Å²) in [6, 6.07) is 3.57. The molecule has 2 N–H and O–H groups in total. The van der Waals surface area contributed by atoms with Gasteiger partial charge in [0.2, 0.25) is 0 Å². The van der Waals surface area contributed by atoms with E-state index >= 15 is 0 Å². The maximum Gasteiger partial charge on any atom is 0.253 e. The summed E-state index contributed by atoms with van der Waals surface area (Å²) in [5, 5.41) is 2.79. The van der Waals surface area contributed by atoms with Gasteiger partial charge in [-0.05, 0) is 12.1 Å². The van der Waals surface area contributed by atoms with Crippen LogP contribution in [0.4, 0.5) is 5.82 Å². The van der Waals surface area contributed by atoms with Crippen molar-refractivity contribution in [3.05, 3.63) is 42.1 Å². The molecular weight excluding hydrogens is 230 g/mol. The van der Waals surface area contributed by atoms with Gasteiger partial charge in [-0.3, -0.25) is 4.79 Å². The molecule has 0 radical (unpaired) electrons. The Morgan fingerprint density at radius 3 is 2.78 bits per heavy atom. The van der Waals surface area contributed by atoms with Gasteiger partial charge in [-0.15, -0.1) is 0 Å². The minimum atomic E-state index is -0.151. The second-order valence-electron chi connectivity index (χ2n) is 4.06. The molecule has 2 rings (SSSR count). The molecule has 0 fully saturated rings. The molecule has 2 aromatic heterocycles. The van der Waals surface area contributed by atoms with Gasteiger partial charge in [-0.1, -0.05) is 0 Å². The fourth-order valence-corrected chi connectivity index (χ4v) is 1.44. The molecule has 6 nitrogen and oxygen atoms in total. The number of amides is 1. The van der Waals surface area contributed by atoms with E-state index in [9.17, 15) is 4.79 Å². The van der Waals surface area contributed by atoms with Crippen LogP contribution in [0.2, 0.25) is 0 Å². The summed E-state index contributed by atoms with van der Waals surface area (Å²) in [5.41, 5.74) is 1.40. The van der Waals surface area contributed by atoms with Gasteiger partial charge < -0.3 is 15.2 Å². The van der Waals surface area contributed by atoms with Crippen LogP contribution >= 0.6 is 0 Å². The molecule has 0 atom stereocenters. The number of nitrogens with one attached hydrogen (secondary N) is 2. The highest BCUT2D eigenvalue weighted by Crippen LogP contribution is 2.07. The van der Waals surface area contributed by atoms with Crippen molar-refractivity contribution in [2.45, 2.75) is 6.54 Å². The van der Waals surface area contributed by atoms with Crippen LogP contribution < -0.4 is 10.2 Å². The van der Waals surface area contributed by atoms with Crippen molar-refractivity contribution < 1.29 is 4.79 Å². The van der Waals surface area contributed by atoms with Gasteiger partial charge in [0.25, 0.3) is 5.91 Å². The van der Waals surface area contributed by atoms with E-state index in [-0.39, 0.29) is 5.91 Å². The van der Waals surface area contributed by atoms with E-state index in [1.807, 2.05) is 25.1 Å². The Kier molecular flexibility index (Phi) is 3.57. The van der Waals surface area contributed by atoms with Gasteiger partial charge in [-0.25, -0.2) is 9.97 Å². The van der Waals surface area contributed by atoms with Crippen LogP contribution in [-0.2, 0) is 6.54 Å². The molecule has 0 aliphatic heterocycles. The van der Waals surface area contributed by atoms with Crippen LogP contribution in [-0.4, -0.2) is 35.0 Å². The van der Waals surface area contributed by atoms with Gasteiger partial charge in [0.05, 0.1) is 24.1 Å². The predicted molar refractivity (Wildman–Crippen MR) is 68.3 cm³/mol. The third-order valence-electron chi connectivity index (χ3n) is 2.46. The minimum Gasteiger partial charge on any atom is -0.363 e. The van der Waals surface area contributed by atoms with Gasteiger partial charge >= 0.3 is 0 Å².